The molecule has 5 nitrogen and oxygen atoms in total. The van der Waals surface area contributed by atoms with Gasteiger partial charge in [-0.2, -0.15) is 0 Å². The quantitative estimate of drug-likeness (QED) is 0.793. The Morgan fingerprint density at radius 3 is 2.93 bits per heavy atom. The van der Waals surface area contributed by atoms with Gasteiger partial charge in [0, 0.05) is 24.7 Å². The van der Waals surface area contributed by atoms with E-state index in [-0.39, 0.29) is 6.54 Å². The van der Waals surface area contributed by atoms with Gasteiger partial charge in [-0.1, -0.05) is 0 Å². The van der Waals surface area contributed by atoms with Gasteiger partial charge in [-0.15, -0.1) is 0 Å². The molecule has 1 heterocycles. The lowest BCUT2D eigenvalue weighted by Crippen LogP contribution is -2.26. The molecule has 1 aromatic rings. The van der Waals surface area contributed by atoms with E-state index in [1.807, 2.05) is 6.07 Å². The predicted molar refractivity (Wildman–Crippen MR) is 54.9 cm³/mol. The summed E-state index contributed by atoms with van der Waals surface area (Å²) in [5.74, 6) is 0.378. The van der Waals surface area contributed by atoms with Gasteiger partial charge >= 0.3 is 5.97 Å². The Hall–Kier alpha value is -1.65. The molecular formula is C10H13N3O2. The molecule has 1 N–H and O–H groups in total. The molecule has 1 saturated carbocycles. The van der Waals surface area contributed by atoms with Crippen LogP contribution in [0.1, 0.15) is 24.5 Å². The maximum Gasteiger partial charge on any atom is 0.323 e. The van der Waals surface area contributed by atoms with Crippen molar-refractivity contribution in [3.63, 3.8) is 0 Å². The minimum atomic E-state index is -0.857. The number of aromatic nitrogens is 2. The Labute approximate surface area is 87.8 Å². The second-order valence-electron chi connectivity index (χ2n) is 3.83. The first-order chi connectivity index (χ1) is 7.16. The molecule has 0 radical (unpaired) electrons. The fourth-order valence-corrected chi connectivity index (χ4v) is 1.46. The normalized spacial score (nSPS) is 15.0. The van der Waals surface area contributed by atoms with Gasteiger partial charge in [-0.25, -0.2) is 9.97 Å². The van der Waals surface area contributed by atoms with E-state index in [2.05, 4.69) is 9.97 Å². The summed E-state index contributed by atoms with van der Waals surface area (Å²) < 4.78 is 0. The lowest BCUT2D eigenvalue weighted by molar-refractivity contribution is -0.135. The highest BCUT2D eigenvalue weighted by Gasteiger charge is 2.25. The third-order valence-corrected chi connectivity index (χ3v) is 2.43. The van der Waals surface area contributed by atoms with E-state index in [4.69, 9.17) is 5.11 Å². The lowest BCUT2D eigenvalue weighted by Gasteiger charge is -2.15. The number of hydrogen-bond donors (Lipinski definition) is 1. The van der Waals surface area contributed by atoms with Gasteiger partial charge in [-0.05, 0) is 12.8 Å². The smallest absolute Gasteiger partial charge is 0.323 e. The highest BCUT2D eigenvalue weighted by Crippen LogP contribution is 2.39. The van der Waals surface area contributed by atoms with Crippen LogP contribution in [-0.4, -0.2) is 34.6 Å². The Kier molecular flexibility index (Phi) is 2.53. The Morgan fingerprint density at radius 2 is 2.33 bits per heavy atom. The molecule has 0 saturated heterocycles. The molecule has 1 aromatic heterocycles. The first-order valence-corrected chi connectivity index (χ1v) is 4.91. The van der Waals surface area contributed by atoms with E-state index in [1.165, 1.54) is 19.2 Å². The number of nitrogens with zero attached hydrogens (tertiary/aromatic N) is 3. The third kappa shape index (κ3) is 2.43. The van der Waals surface area contributed by atoms with Crippen LogP contribution in [0, 0.1) is 0 Å². The molecule has 80 valence electrons. The van der Waals surface area contributed by atoms with E-state index < -0.39 is 5.97 Å². The minimum absolute atomic E-state index is 0.0406. The number of carboxylic acids is 1. The average Bonchev–Trinajstić information content (AvgIpc) is 3.00. The second kappa shape index (κ2) is 3.84. The van der Waals surface area contributed by atoms with Crippen molar-refractivity contribution >= 4 is 11.8 Å². The number of aliphatic carboxylic acids is 1. The summed E-state index contributed by atoms with van der Waals surface area (Å²) in [4.78, 5) is 20.4. The van der Waals surface area contributed by atoms with E-state index in [9.17, 15) is 4.79 Å². The topological polar surface area (TPSA) is 66.3 Å². The third-order valence-electron chi connectivity index (χ3n) is 2.43. The molecule has 0 spiro atoms. The van der Waals surface area contributed by atoms with Gasteiger partial charge in [0.05, 0.1) is 0 Å². The van der Waals surface area contributed by atoms with Gasteiger partial charge in [0.1, 0.15) is 18.7 Å². The first-order valence-electron chi connectivity index (χ1n) is 4.91. The molecule has 0 aliphatic heterocycles. The average molecular weight is 207 g/mol. The SMILES string of the molecule is CN(CC(=O)O)c1cc(C2CC2)ncn1. The fourth-order valence-electron chi connectivity index (χ4n) is 1.46. The zero-order valence-electron chi connectivity index (χ0n) is 8.55. The Morgan fingerprint density at radius 1 is 1.60 bits per heavy atom. The standard InChI is InChI=1S/C10H13N3O2/c1-13(5-10(14)15)9-4-8(7-2-3-7)11-6-12-9/h4,6-7H,2-3,5H2,1H3,(H,14,15). The number of carboxylic acid groups (broad SMARTS) is 1. The summed E-state index contributed by atoms with van der Waals surface area (Å²) in [6, 6.07) is 1.88. The Bertz CT molecular complexity index is 377. The monoisotopic (exact) mass is 207 g/mol. The number of carbonyl (C=O) groups is 1. The van der Waals surface area contributed by atoms with Crippen LogP contribution in [0.2, 0.25) is 0 Å². The number of hydrogen-bond acceptors (Lipinski definition) is 4. The molecule has 0 bridgehead atoms. The van der Waals surface area contributed by atoms with Crippen molar-refractivity contribution in [1.29, 1.82) is 0 Å². The van der Waals surface area contributed by atoms with Crippen molar-refractivity contribution in [2.75, 3.05) is 18.5 Å². The molecule has 2 rings (SSSR count). The van der Waals surface area contributed by atoms with E-state index in [1.54, 1.807) is 11.9 Å². The highest BCUT2D eigenvalue weighted by molar-refractivity contribution is 5.72. The molecule has 1 fully saturated rings. The number of rotatable bonds is 4. The fraction of sp³-hybridized carbons (Fsp3) is 0.500. The van der Waals surface area contributed by atoms with Crippen molar-refractivity contribution in [1.82, 2.24) is 9.97 Å². The maximum absolute atomic E-state index is 10.5. The molecule has 0 atom stereocenters. The van der Waals surface area contributed by atoms with Crippen molar-refractivity contribution in [2.45, 2.75) is 18.8 Å². The van der Waals surface area contributed by atoms with Crippen molar-refractivity contribution in [3.8, 4) is 0 Å². The van der Waals surface area contributed by atoms with E-state index in [0.717, 1.165) is 5.69 Å². The van der Waals surface area contributed by atoms with Gasteiger partial charge in [0.25, 0.3) is 0 Å². The summed E-state index contributed by atoms with van der Waals surface area (Å²) in [6.45, 7) is -0.0406. The van der Waals surface area contributed by atoms with Gasteiger partial charge in [0.15, 0.2) is 0 Å². The lowest BCUT2D eigenvalue weighted by atomic mass is 10.3. The van der Waals surface area contributed by atoms with Crippen LogP contribution in [0.25, 0.3) is 0 Å². The van der Waals surface area contributed by atoms with Crippen LogP contribution in [0.15, 0.2) is 12.4 Å². The van der Waals surface area contributed by atoms with Crippen LogP contribution in [-0.2, 0) is 4.79 Å². The van der Waals surface area contributed by atoms with E-state index in [0.29, 0.717) is 11.7 Å². The molecule has 5 heteroatoms. The van der Waals surface area contributed by atoms with Gasteiger partial charge < -0.3 is 10.0 Å². The van der Waals surface area contributed by atoms with E-state index >= 15 is 0 Å². The number of anilines is 1. The molecular weight excluding hydrogens is 194 g/mol. The largest absolute Gasteiger partial charge is 0.480 e. The predicted octanol–water partition coefficient (Wildman–Crippen LogP) is 0.875. The van der Waals surface area contributed by atoms with Crippen LogP contribution in [0.4, 0.5) is 5.82 Å². The number of likely N-dealkylation sites (N-methyl/N-ethyl adjacent to an activating group) is 1. The van der Waals surface area contributed by atoms with Gasteiger partial charge in [0.2, 0.25) is 0 Å². The summed E-state index contributed by atoms with van der Waals surface area (Å²) in [5, 5.41) is 8.65. The molecule has 0 unspecified atom stereocenters. The summed E-state index contributed by atoms with van der Waals surface area (Å²) in [6.07, 6.45) is 3.86. The summed E-state index contributed by atoms with van der Waals surface area (Å²) in [7, 11) is 1.72. The van der Waals surface area contributed by atoms with Crippen LogP contribution >= 0.6 is 0 Å². The molecule has 0 amide bonds. The highest BCUT2D eigenvalue weighted by atomic mass is 16.4. The van der Waals surface area contributed by atoms with Crippen LogP contribution < -0.4 is 4.90 Å². The van der Waals surface area contributed by atoms with Crippen LogP contribution in [0.5, 0.6) is 0 Å². The van der Waals surface area contributed by atoms with Gasteiger partial charge in [-0.3, -0.25) is 4.79 Å². The zero-order valence-corrected chi connectivity index (χ0v) is 8.55. The van der Waals surface area contributed by atoms with Crippen molar-refractivity contribution in [3.05, 3.63) is 18.1 Å². The molecule has 1 aliphatic carbocycles. The first kappa shape index (κ1) is 9.89. The zero-order chi connectivity index (χ0) is 10.8. The minimum Gasteiger partial charge on any atom is -0.480 e. The molecule has 15 heavy (non-hydrogen) atoms. The van der Waals surface area contributed by atoms with Crippen molar-refractivity contribution in [2.24, 2.45) is 0 Å². The van der Waals surface area contributed by atoms with Crippen molar-refractivity contribution < 1.29 is 9.90 Å². The summed E-state index contributed by atoms with van der Waals surface area (Å²) in [5.41, 5.74) is 1.03. The van der Waals surface area contributed by atoms with Crippen LogP contribution in [0.3, 0.4) is 0 Å². The molecule has 0 aromatic carbocycles. The maximum atomic E-state index is 10.5. The molecule has 1 aliphatic rings. The Balaban J connectivity index is 2.12. The second-order valence-corrected chi connectivity index (χ2v) is 3.83. The summed E-state index contributed by atoms with van der Waals surface area (Å²) >= 11 is 0.